The number of benzene rings is 1. The highest BCUT2D eigenvalue weighted by atomic mass is 79.9. The second-order valence-electron chi connectivity index (χ2n) is 5.20. The fourth-order valence-corrected chi connectivity index (χ4v) is 2.95. The van der Waals surface area contributed by atoms with Crippen LogP contribution in [0.1, 0.15) is 31.2 Å². The predicted molar refractivity (Wildman–Crippen MR) is 76.8 cm³/mol. The lowest BCUT2D eigenvalue weighted by molar-refractivity contribution is 0.271. The summed E-state index contributed by atoms with van der Waals surface area (Å²) in [5, 5.41) is 0. The first-order valence-electron chi connectivity index (χ1n) is 6.37. The van der Waals surface area contributed by atoms with Crippen molar-refractivity contribution in [2.45, 2.75) is 32.2 Å². The Labute approximate surface area is 112 Å². The zero-order valence-corrected chi connectivity index (χ0v) is 12.0. The first-order valence-corrected chi connectivity index (χ1v) is 7.17. The zero-order valence-electron chi connectivity index (χ0n) is 10.5. The summed E-state index contributed by atoms with van der Waals surface area (Å²) in [4.78, 5) is 2.42. The summed E-state index contributed by atoms with van der Waals surface area (Å²) in [6, 6.07) is 6.24. The molecule has 1 aliphatic rings. The SMILES string of the molecule is CN(Cc1ccc(Br)c(N)c1)CC1CCCC1. The van der Waals surface area contributed by atoms with Crippen molar-refractivity contribution in [1.29, 1.82) is 0 Å². The van der Waals surface area contributed by atoms with Crippen LogP contribution in [0.4, 0.5) is 5.69 Å². The molecule has 1 aliphatic carbocycles. The first kappa shape index (κ1) is 12.9. The number of halogens is 1. The number of nitrogens with two attached hydrogens (primary N) is 1. The third kappa shape index (κ3) is 3.71. The average molecular weight is 297 g/mol. The van der Waals surface area contributed by atoms with E-state index in [4.69, 9.17) is 5.73 Å². The molecule has 0 aromatic heterocycles. The lowest BCUT2D eigenvalue weighted by Crippen LogP contribution is -2.24. The number of hydrogen-bond donors (Lipinski definition) is 1. The van der Waals surface area contributed by atoms with Crippen LogP contribution in [0.15, 0.2) is 22.7 Å². The molecule has 2 nitrogen and oxygen atoms in total. The fourth-order valence-electron chi connectivity index (χ4n) is 2.70. The highest BCUT2D eigenvalue weighted by molar-refractivity contribution is 9.10. The van der Waals surface area contributed by atoms with Gasteiger partial charge in [-0.25, -0.2) is 0 Å². The quantitative estimate of drug-likeness (QED) is 0.860. The van der Waals surface area contributed by atoms with Crippen molar-refractivity contribution in [3.8, 4) is 0 Å². The molecule has 0 spiro atoms. The lowest BCUT2D eigenvalue weighted by Gasteiger charge is -2.21. The van der Waals surface area contributed by atoms with Crippen LogP contribution >= 0.6 is 15.9 Å². The first-order chi connectivity index (χ1) is 8.15. The number of nitrogens with zero attached hydrogens (tertiary/aromatic N) is 1. The average Bonchev–Trinajstić information content (AvgIpc) is 2.76. The van der Waals surface area contributed by atoms with E-state index < -0.39 is 0 Å². The van der Waals surface area contributed by atoms with E-state index in [9.17, 15) is 0 Å². The molecule has 0 aliphatic heterocycles. The number of hydrogen-bond acceptors (Lipinski definition) is 2. The van der Waals surface area contributed by atoms with Gasteiger partial charge in [0.1, 0.15) is 0 Å². The lowest BCUT2D eigenvalue weighted by atomic mass is 10.1. The summed E-state index contributed by atoms with van der Waals surface area (Å²) in [5.74, 6) is 0.910. The van der Waals surface area contributed by atoms with Crippen LogP contribution in [0.3, 0.4) is 0 Å². The maximum Gasteiger partial charge on any atom is 0.0461 e. The standard InChI is InChI=1S/C14H21BrN2/c1-17(9-11-4-2-3-5-11)10-12-6-7-13(15)14(16)8-12/h6-8,11H,2-5,9-10,16H2,1H3. The molecule has 2 rings (SSSR count). The number of nitrogen functional groups attached to an aromatic ring is 1. The minimum absolute atomic E-state index is 0.830. The van der Waals surface area contributed by atoms with E-state index in [-0.39, 0.29) is 0 Å². The molecule has 1 aromatic carbocycles. The number of rotatable bonds is 4. The van der Waals surface area contributed by atoms with E-state index in [1.807, 2.05) is 6.07 Å². The van der Waals surface area contributed by atoms with Crippen LogP contribution in [-0.4, -0.2) is 18.5 Å². The van der Waals surface area contributed by atoms with Gasteiger partial charge < -0.3 is 10.6 Å². The van der Waals surface area contributed by atoms with Crippen molar-refractivity contribution in [3.05, 3.63) is 28.2 Å². The Morgan fingerprint density at radius 1 is 1.35 bits per heavy atom. The van der Waals surface area contributed by atoms with E-state index in [0.29, 0.717) is 0 Å². The van der Waals surface area contributed by atoms with Crippen molar-refractivity contribution < 1.29 is 0 Å². The van der Waals surface area contributed by atoms with E-state index >= 15 is 0 Å². The van der Waals surface area contributed by atoms with Crippen LogP contribution in [0, 0.1) is 5.92 Å². The minimum atomic E-state index is 0.830. The second kappa shape index (κ2) is 5.87. The summed E-state index contributed by atoms with van der Waals surface area (Å²) < 4.78 is 0.986. The van der Waals surface area contributed by atoms with Crippen LogP contribution in [0.25, 0.3) is 0 Å². The second-order valence-corrected chi connectivity index (χ2v) is 6.06. The molecule has 94 valence electrons. The van der Waals surface area contributed by atoms with Gasteiger partial charge in [-0.15, -0.1) is 0 Å². The van der Waals surface area contributed by atoms with Crippen molar-refractivity contribution in [2.24, 2.45) is 5.92 Å². The zero-order chi connectivity index (χ0) is 12.3. The summed E-state index contributed by atoms with van der Waals surface area (Å²) in [7, 11) is 2.20. The smallest absolute Gasteiger partial charge is 0.0461 e. The third-order valence-corrected chi connectivity index (χ3v) is 4.28. The molecule has 1 aromatic rings. The van der Waals surface area contributed by atoms with Gasteiger partial charge in [0, 0.05) is 23.2 Å². The minimum Gasteiger partial charge on any atom is -0.398 e. The van der Waals surface area contributed by atoms with Gasteiger partial charge in [0.05, 0.1) is 0 Å². The summed E-state index contributed by atoms with van der Waals surface area (Å²) in [6.07, 6.45) is 5.66. The summed E-state index contributed by atoms with van der Waals surface area (Å²) in [6.45, 7) is 2.21. The number of anilines is 1. The Morgan fingerprint density at radius 3 is 2.71 bits per heavy atom. The van der Waals surface area contributed by atoms with Gasteiger partial charge in [-0.05, 0) is 59.4 Å². The van der Waals surface area contributed by atoms with Gasteiger partial charge in [0.15, 0.2) is 0 Å². The molecule has 0 atom stereocenters. The molecular weight excluding hydrogens is 276 g/mol. The highest BCUT2D eigenvalue weighted by Gasteiger charge is 2.16. The maximum absolute atomic E-state index is 5.89. The van der Waals surface area contributed by atoms with Crippen molar-refractivity contribution in [2.75, 3.05) is 19.3 Å². The molecular formula is C14H21BrN2. The summed E-state index contributed by atoms with van der Waals surface area (Å²) in [5.41, 5.74) is 8.02. The van der Waals surface area contributed by atoms with Crippen LogP contribution < -0.4 is 5.73 Å². The maximum atomic E-state index is 5.89. The van der Waals surface area contributed by atoms with E-state index in [2.05, 4.69) is 40.0 Å². The Morgan fingerprint density at radius 2 is 2.06 bits per heavy atom. The molecule has 0 saturated heterocycles. The van der Waals surface area contributed by atoms with Gasteiger partial charge >= 0.3 is 0 Å². The third-order valence-electron chi connectivity index (χ3n) is 3.56. The fraction of sp³-hybridized carbons (Fsp3) is 0.571. The molecule has 17 heavy (non-hydrogen) atoms. The molecule has 0 unspecified atom stereocenters. The molecule has 2 N–H and O–H groups in total. The molecule has 3 heteroatoms. The van der Waals surface area contributed by atoms with Crippen LogP contribution in [-0.2, 0) is 6.54 Å². The molecule has 0 radical (unpaired) electrons. The highest BCUT2D eigenvalue weighted by Crippen LogP contribution is 2.26. The largest absolute Gasteiger partial charge is 0.398 e. The molecule has 1 saturated carbocycles. The monoisotopic (exact) mass is 296 g/mol. The van der Waals surface area contributed by atoms with Crippen molar-refractivity contribution >= 4 is 21.6 Å². The Kier molecular flexibility index (Phi) is 4.46. The normalized spacial score (nSPS) is 16.9. The summed E-state index contributed by atoms with van der Waals surface area (Å²) >= 11 is 3.43. The van der Waals surface area contributed by atoms with E-state index in [1.54, 1.807) is 0 Å². The molecule has 0 heterocycles. The predicted octanol–water partition coefficient (Wildman–Crippen LogP) is 3.65. The topological polar surface area (TPSA) is 29.3 Å². The van der Waals surface area contributed by atoms with Gasteiger partial charge in [0.25, 0.3) is 0 Å². The molecule has 1 fully saturated rings. The van der Waals surface area contributed by atoms with Gasteiger partial charge in [-0.2, -0.15) is 0 Å². The molecule has 0 amide bonds. The van der Waals surface area contributed by atoms with E-state index in [1.165, 1.54) is 37.8 Å². The van der Waals surface area contributed by atoms with Crippen molar-refractivity contribution in [1.82, 2.24) is 4.90 Å². The Hall–Kier alpha value is -0.540. The van der Waals surface area contributed by atoms with Crippen molar-refractivity contribution in [3.63, 3.8) is 0 Å². The van der Waals surface area contributed by atoms with Gasteiger partial charge in [-0.3, -0.25) is 0 Å². The Bertz CT molecular complexity index is 372. The van der Waals surface area contributed by atoms with Gasteiger partial charge in [-0.1, -0.05) is 18.9 Å². The molecule has 0 bridgehead atoms. The van der Waals surface area contributed by atoms with E-state index in [0.717, 1.165) is 22.6 Å². The van der Waals surface area contributed by atoms with Gasteiger partial charge in [0.2, 0.25) is 0 Å². The van der Waals surface area contributed by atoms with Crippen LogP contribution in [0.2, 0.25) is 0 Å². The Balaban J connectivity index is 1.88. The van der Waals surface area contributed by atoms with Crippen LogP contribution in [0.5, 0.6) is 0 Å².